The lowest BCUT2D eigenvalue weighted by molar-refractivity contribution is 0.0702. The number of imidazole rings is 1. The maximum absolute atomic E-state index is 13.1. The molecule has 4 heterocycles. The molecule has 0 spiro atoms. The lowest BCUT2D eigenvalue weighted by Crippen LogP contribution is -2.40. The van der Waals surface area contributed by atoms with Gasteiger partial charge in [-0.1, -0.05) is 0 Å². The van der Waals surface area contributed by atoms with Gasteiger partial charge in [0.25, 0.3) is 5.91 Å². The number of aromatic nitrogens is 5. The molecule has 1 aliphatic heterocycles. The number of likely N-dealkylation sites (tertiary alicyclic amines) is 1. The Morgan fingerprint density at radius 1 is 1.25 bits per heavy atom. The molecule has 146 valence electrons. The summed E-state index contributed by atoms with van der Waals surface area (Å²) in [5.41, 5.74) is 2.84. The third kappa shape index (κ3) is 3.56. The Kier molecular flexibility index (Phi) is 5.23. The van der Waals surface area contributed by atoms with Crippen LogP contribution in [0, 0.1) is 6.92 Å². The van der Waals surface area contributed by atoms with E-state index in [2.05, 4.69) is 19.6 Å². The SMILES string of the molecule is CCn1ncc(C(=O)N2CCCC(c3nccn3Cc3ccncc3)C2)c1C. The quantitative estimate of drug-likeness (QED) is 0.685. The normalized spacial score (nSPS) is 17.1. The van der Waals surface area contributed by atoms with Crippen LogP contribution in [0.25, 0.3) is 0 Å². The molecule has 7 nitrogen and oxygen atoms in total. The molecule has 1 fully saturated rings. The summed E-state index contributed by atoms with van der Waals surface area (Å²) in [7, 11) is 0. The molecule has 28 heavy (non-hydrogen) atoms. The second kappa shape index (κ2) is 7.96. The average molecular weight is 378 g/mol. The summed E-state index contributed by atoms with van der Waals surface area (Å²) < 4.78 is 4.06. The number of aryl methyl sites for hydroxylation is 1. The van der Waals surface area contributed by atoms with Gasteiger partial charge in [-0.25, -0.2) is 4.98 Å². The lowest BCUT2D eigenvalue weighted by Gasteiger charge is -2.32. The molecule has 3 aromatic rings. The number of pyridine rings is 1. The first kappa shape index (κ1) is 18.4. The number of hydrogen-bond donors (Lipinski definition) is 0. The standard InChI is InChI=1S/C21H26N6O/c1-3-27-16(2)19(13-24-27)21(28)26-11-4-5-18(15-26)20-23-10-12-25(20)14-17-6-8-22-9-7-17/h6-10,12-13,18H,3-5,11,14-15H2,1-2H3. The molecule has 1 unspecified atom stereocenters. The predicted octanol–water partition coefficient (Wildman–Crippen LogP) is 2.87. The molecule has 0 aliphatic carbocycles. The van der Waals surface area contributed by atoms with Gasteiger partial charge >= 0.3 is 0 Å². The number of carbonyl (C=O) groups excluding carboxylic acids is 1. The Balaban J connectivity index is 1.51. The highest BCUT2D eigenvalue weighted by Crippen LogP contribution is 2.27. The molecule has 0 aromatic carbocycles. The maximum atomic E-state index is 13.1. The number of amides is 1. The van der Waals surface area contributed by atoms with E-state index in [1.165, 1.54) is 5.56 Å². The monoisotopic (exact) mass is 378 g/mol. The molecular formula is C21H26N6O. The smallest absolute Gasteiger partial charge is 0.257 e. The number of rotatable bonds is 5. The molecule has 4 rings (SSSR count). The van der Waals surface area contributed by atoms with Crippen molar-refractivity contribution in [3.8, 4) is 0 Å². The summed E-state index contributed by atoms with van der Waals surface area (Å²) >= 11 is 0. The van der Waals surface area contributed by atoms with Crippen LogP contribution in [0.15, 0.2) is 43.1 Å². The highest BCUT2D eigenvalue weighted by atomic mass is 16.2. The summed E-state index contributed by atoms with van der Waals surface area (Å²) in [5.74, 6) is 1.38. The summed E-state index contributed by atoms with van der Waals surface area (Å²) in [5, 5.41) is 4.33. The fourth-order valence-corrected chi connectivity index (χ4v) is 4.02. The summed E-state index contributed by atoms with van der Waals surface area (Å²) in [6.07, 6.45) is 11.2. The van der Waals surface area contributed by atoms with Crippen molar-refractivity contribution in [3.05, 3.63) is 65.8 Å². The first-order valence-electron chi connectivity index (χ1n) is 9.89. The van der Waals surface area contributed by atoms with Gasteiger partial charge in [-0.2, -0.15) is 5.10 Å². The zero-order valence-corrected chi connectivity index (χ0v) is 16.5. The first-order chi connectivity index (χ1) is 13.7. The van der Waals surface area contributed by atoms with Crippen LogP contribution in [0.4, 0.5) is 0 Å². The molecule has 0 N–H and O–H groups in total. The average Bonchev–Trinajstić information content (AvgIpc) is 3.34. The maximum Gasteiger partial charge on any atom is 0.257 e. The van der Waals surface area contributed by atoms with Crippen LogP contribution >= 0.6 is 0 Å². The number of carbonyl (C=O) groups is 1. The Labute approximate surface area is 165 Å². The minimum Gasteiger partial charge on any atom is -0.338 e. The fraction of sp³-hybridized carbons (Fsp3) is 0.429. The number of hydrogen-bond acceptors (Lipinski definition) is 4. The van der Waals surface area contributed by atoms with E-state index in [1.807, 2.05) is 60.3 Å². The van der Waals surface area contributed by atoms with E-state index < -0.39 is 0 Å². The fourth-order valence-electron chi connectivity index (χ4n) is 4.02. The van der Waals surface area contributed by atoms with Gasteiger partial charge in [0, 0.05) is 62.6 Å². The minimum atomic E-state index is 0.0779. The van der Waals surface area contributed by atoms with Crippen LogP contribution in [-0.2, 0) is 13.1 Å². The summed E-state index contributed by atoms with van der Waals surface area (Å²) in [6.45, 7) is 7.03. The molecule has 3 aromatic heterocycles. The van der Waals surface area contributed by atoms with Crippen LogP contribution in [0.3, 0.4) is 0 Å². The molecule has 1 aliphatic rings. The van der Waals surface area contributed by atoms with Gasteiger partial charge in [0.15, 0.2) is 0 Å². The van der Waals surface area contributed by atoms with E-state index >= 15 is 0 Å². The molecule has 1 saturated heterocycles. The van der Waals surface area contributed by atoms with E-state index in [0.29, 0.717) is 12.1 Å². The number of nitrogens with zero attached hydrogens (tertiary/aromatic N) is 6. The van der Waals surface area contributed by atoms with E-state index in [9.17, 15) is 4.79 Å². The molecule has 7 heteroatoms. The van der Waals surface area contributed by atoms with Crippen molar-refractivity contribution in [1.82, 2.24) is 29.2 Å². The zero-order chi connectivity index (χ0) is 19.5. The lowest BCUT2D eigenvalue weighted by atomic mass is 9.96. The Bertz CT molecular complexity index is 945. The third-order valence-electron chi connectivity index (χ3n) is 5.56. The van der Waals surface area contributed by atoms with Gasteiger partial charge in [-0.3, -0.25) is 14.5 Å². The number of piperidine rings is 1. The molecule has 0 radical (unpaired) electrons. The van der Waals surface area contributed by atoms with Gasteiger partial charge in [0.1, 0.15) is 5.82 Å². The van der Waals surface area contributed by atoms with Crippen LogP contribution < -0.4 is 0 Å². The molecule has 1 amide bonds. The van der Waals surface area contributed by atoms with Crippen molar-refractivity contribution in [1.29, 1.82) is 0 Å². The minimum absolute atomic E-state index is 0.0779. The van der Waals surface area contributed by atoms with Gasteiger partial charge < -0.3 is 9.47 Å². The highest BCUT2D eigenvalue weighted by molar-refractivity contribution is 5.95. The Hall–Kier alpha value is -2.96. The van der Waals surface area contributed by atoms with Gasteiger partial charge in [0.05, 0.1) is 11.8 Å². The summed E-state index contributed by atoms with van der Waals surface area (Å²) in [6, 6.07) is 4.04. The topological polar surface area (TPSA) is 68.8 Å². The van der Waals surface area contributed by atoms with Gasteiger partial charge in [-0.05, 0) is 44.4 Å². The molecular weight excluding hydrogens is 352 g/mol. The third-order valence-corrected chi connectivity index (χ3v) is 5.56. The van der Waals surface area contributed by atoms with Crippen LogP contribution in [0.2, 0.25) is 0 Å². The molecule has 0 saturated carbocycles. The van der Waals surface area contributed by atoms with Gasteiger partial charge in [0.2, 0.25) is 0 Å². The second-order valence-electron chi connectivity index (χ2n) is 7.32. The van der Waals surface area contributed by atoms with E-state index in [-0.39, 0.29) is 11.8 Å². The van der Waals surface area contributed by atoms with Crippen LogP contribution in [0.5, 0.6) is 0 Å². The van der Waals surface area contributed by atoms with E-state index in [4.69, 9.17) is 0 Å². The molecule has 0 bridgehead atoms. The first-order valence-corrected chi connectivity index (χ1v) is 9.89. The van der Waals surface area contributed by atoms with Gasteiger partial charge in [-0.15, -0.1) is 0 Å². The van der Waals surface area contributed by atoms with E-state index in [0.717, 1.165) is 44.0 Å². The summed E-state index contributed by atoms with van der Waals surface area (Å²) in [4.78, 5) is 23.8. The molecule has 1 atom stereocenters. The highest BCUT2D eigenvalue weighted by Gasteiger charge is 2.29. The largest absolute Gasteiger partial charge is 0.338 e. The predicted molar refractivity (Wildman–Crippen MR) is 106 cm³/mol. The second-order valence-corrected chi connectivity index (χ2v) is 7.32. The zero-order valence-electron chi connectivity index (χ0n) is 16.5. The van der Waals surface area contributed by atoms with Crippen LogP contribution in [0.1, 0.15) is 53.1 Å². The van der Waals surface area contributed by atoms with Crippen molar-refractivity contribution < 1.29 is 4.79 Å². The van der Waals surface area contributed by atoms with Crippen molar-refractivity contribution >= 4 is 5.91 Å². The van der Waals surface area contributed by atoms with Crippen molar-refractivity contribution in [2.45, 2.75) is 45.7 Å². The van der Waals surface area contributed by atoms with Crippen molar-refractivity contribution in [2.24, 2.45) is 0 Å². The Morgan fingerprint density at radius 3 is 2.82 bits per heavy atom. The van der Waals surface area contributed by atoms with E-state index in [1.54, 1.807) is 6.20 Å². The van der Waals surface area contributed by atoms with Crippen LogP contribution in [-0.4, -0.2) is 48.2 Å². The Morgan fingerprint density at radius 2 is 2.07 bits per heavy atom. The van der Waals surface area contributed by atoms with Crippen molar-refractivity contribution in [2.75, 3.05) is 13.1 Å². The van der Waals surface area contributed by atoms with Crippen molar-refractivity contribution in [3.63, 3.8) is 0 Å².